The first kappa shape index (κ1) is 19.5. The summed E-state index contributed by atoms with van der Waals surface area (Å²) in [6.45, 7) is 6.21. The van der Waals surface area contributed by atoms with E-state index in [9.17, 15) is 4.79 Å². The Bertz CT molecular complexity index is 755. The number of hydrogen-bond donors (Lipinski definition) is 1. The van der Waals surface area contributed by atoms with E-state index in [1.165, 1.54) is 5.69 Å². The number of likely N-dealkylation sites (N-methyl/N-ethyl adjacent to an activating group) is 1. The molecule has 6 heteroatoms. The van der Waals surface area contributed by atoms with Crippen LogP contribution in [0.15, 0.2) is 48.5 Å². The maximum Gasteiger partial charge on any atom is 0.322 e. The highest BCUT2D eigenvalue weighted by Gasteiger charge is 2.18. The number of rotatable bonds is 4. The zero-order valence-corrected chi connectivity index (χ0v) is 16.9. The van der Waals surface area contributed by atoms with Crippen LogP contribution in [0.25, 0.3) is 0 Å². The minimum absolute atomic E-state index is 0.0492. The van der Waals surface area contributed by atoms with Crippen molar-refractivity contribution in [2.24, 2.45) is 0 Å². The maximum absolute atomic E-state index is 12.6. The molecular formula is C21H27ClN4O. The van der Waals surface area contributed by atoms with Crippen molar-refractivity contribution in [3.63, 3.8) is 0 Å². The molecule has 3 rings (SSSR count). The number of nitrogens with one attached hydrogen (secondary N) is 1. The molecule has 1 fully saturated rings. The molecule has 0 radical (unpaired) electrons. The molecule has 0 spiro atoms. The van der Waals surface area contributed by atoms with Crippen LogP contribution in [0, 0.1) is 0 Å². The van der Waals surface area contributed by atoms with E-state index in [-0.39, 0.29) is 12.1 Å². The molecule has 2 aromatic rings. The predicted octanol–water partition coefficient (Wildman–Crippen LogP) is 4.32. The monoisotopic (exact) mass is 386 g/mol. The number of carbonyl (C=O) groups is 1. The van der Waals surface area contributed by atoms with Crippen molar-refractivity contribution in [1.29, 1.82) is 0 Å². The zero-order chi connectivity index (χ0) is 19.4. The number of amides is 2. The Labute approximate surface area is 166 Å². The highest BCUT2D eigenvalue weighted by molar-refractivity contribution is 6.30. The first-order chi connectivity index (χ1) is 12.9. The molecular weight excluding hydrogens is 360 g/mol. The van der Waals surface area contributed by atoms with Crippen molar-refractivity contribution in [2.45, 2.75) is 13.0 Å². The van der Waals surface area contributed by atoms with Gasteiger partial charge in [0.05, 0.1) is 6.04 Å². The van der Waals surface area contributed by atoms with Gasteiger partial charge in [0.15, 0.2) is 0 Å². The van der Waals surface area contributed by atoms with Crippen molar-refractivity contribution < 1.29 is 4.79 Å². The largest absolute Gasteiger partial charge is 0.369 e. The third-order valence-electron chi connectivity index (χ3n) is 5.24. The van der Waals surface area contributed by atoms with Crippen molar-refractivity contribution in [3.8, 4) is 0 Å². The fourth-order valence-electron chi connectivity index (χ4n) is 3.17. The second-order valence-corrected chi connectivity index (χ2v) is 7.54. The van der Waals surface area contributed by atoms with Crippen LogP contribution in [-0.2, 0) is 0 Å². The average molecular weight is 387 g/mol. The lowest BCUT2D eigenvalue weighted by Crippen LogP contribution is -2.44. The van der Waals surface area contributed by atoms with E-state index in [2.05, 4.69) is 34.3 Å². The molecule has 144 valence electrons. The van der Waals surface area contributed by atoms with Gasteiger partial charge in [0.1, 0.15) is 0 Å². The Morgan fingerprint density at radius 1 is 1.04 bits per heavy atom. The third kappa shape index (κ3) is 4.93. The van der Waals surface area contributed by atoms with Gasteiger partial charge >= 0.3 is 6.03 Å². The second-order valence-electron chi connectivity index (χ2n) is 7.11. The molecule has 0 aliphatic carbocycles. The number of anilines is 2. The normalized spacial score (nSPS) is 16.1. The molecule has 1 aliphatic rings. The Kier molecular flexibility index (Phi) is 6.24. The lowest BCUT2D eigenvalue weighted by atomic mass is 10.1. The van der Waals surface area contributed by atoms with Crippen LogP contribution in [0.2, 0.25) is 5.02 Å². The Morgan fingerprint density at radius 2 is 1.63 bits per heavy atom. The van der Waals surface area contributed by atoms with Gasteiger partial charge in [-0.3, -0.25) is 0 Å². The maximum atomic E-state index is 12.6. The second kappa shape index (κ2) is 8.63. The number of urea groups is 1. The third-order valence-corrected chi connectivity index (χ3v) is 5.49. The van der Waals surface area contributed by atoms with Gasteiger partial charge in [-0.2, -0.15) is 0 Å². The summed E-state index contributed by atoms with van der Waals surface area (Å²) in [4.78, 5) is 19.0. The minimum Gasteiger partial charge on any atom is -0.369 e. The molecule has 1 heterocycles. The predicted molar refractivity (Wildman–Crippen MR) is 113 cm³/mol. The number of benzene rings is 2. The average Bonchev–Trinajstić information content (AvgIpc) is 2.68. The van der Waals surface area contributed by atoms with Crippen LogP contribution in [0.4, 0.5) is 16.2 Å². The zero-order valence-electron chi connectivity index (χ0n) is 16.2. The molecule has 2 amide bonds. The van der Waals surface area contributed by atoms with Gasteiger partial charge in [0.25, 0.3) is 0 Å². The summed E-state index contributed by atoms with van der Waals surface area (Å²) in [6, 6.07) is 15.5. The van der Waals surface area contributed by atoms with Crippen LogP contribution in [0.3, 0.4) is 0 Å². The van der Waals surface area contributed by atoms with E-state index in [1.54, 1.807) is 11.9 Å². The Hall–Kier alpha value is -2.24. The molecule has 1 atom stereocenters. The van der Waals surface area contributed by atoms with Crippen LogP contribution in [0.1, 0.15) is 18.5 Å². The van der Waals surface area contributed by atoms with Crippen LogP contribution >= 0.6 is 11.6 Å². The summed E-state index contributed by atoms with van der Waals surface area (Å²) in [7, 11) is 3.95. The standard InChI is InChI=1S/C21H27ClN4O/c1-16(17-4-6-18(22)7-5-17)25(3)21(27)23-19-8-10-20(11-9-19)26-14-12-24(2)13-15-26/h4-11,16H,12-15H2,1-3H3,(H,23,27). The molecule has 0 aromatic heterocycles. The van der Waals surface area contributed by atoms with Gasteiger partial charge in [-0.25, -0.2) is 4.79 Å². The molecule has 2 aromatic carbocycles. The number of halogens is 1. The van der Waals surface area contributed by atoms with Crippen molar-refractivity contribution in [1.82, 2.24) is 9.80 Å². The molecule has 5 nitrogen and oxygen atoms in total. The van der Waals surface area contributed by atoms with E-state index < -0.39 is 0 Å². The van der Waals surface area contributed by atoms with Crippen molar-refractivity contribution in [3.05, 3.63) is 59.1 Å². The van der Waals surface area contributed by atoms with E-state index in [0.717, 1.165) is 37.4 Å². The lowest BCUT2D eigenvalue weighted by molar-refractivity contribution is 0.208. The minimum atomic E-state index is -0.134. The lowest BCUT2D eigenvalue weighted by Gasteiger charge is -2.34. The highest BCUT2D eigenvalue weighted by atomic mass is 35.5. The molecule has 1 unspecified atom stereocenters. The van der Waals surface area contributed by atoms with Gasteiger partial charge in [-0.15, -0.1) is 0 Å². The van der Waals surface area contributed by atoms with Gasteiger partial charge < -0.3 is 20.0 Å². The number of hydrogen-bond acceptors (Lipinski definition) is 3. The van der Waals surface area contributed by atoms with Crippen LogP contribution in [-0.4, -0.2) is 56.1 Å². The highest BCUT2D eigenvalue weighted by Crippen LogP contribution is 2.23. The van der Waals surface area contributed by atoms with E-state index >= 15 is 0 Å². The summed E-state index contributed by atoms with van der Waals surface area (Å²) < 4.78 is 0. The molecule has 1 saturated heterocycles. The molecule has 0 saturated carbocycles. The van der Waals surface area contributed by atoms with Crippen LogP contribution in [0.5, 0.6) is 0 Å². The topological polar surface area (TPSA) is 38.8 Å². The van der Waals surface area contributed by atoms with Crippen LogP contribution < -0.4 is 10.2 Å². The quantitative estimate of drug-likeness (QED) is 0.850. The fourth-order valence-corrected chi connectivity index (χ4v) is 3.30. The molecule has 0 bridgehead atoms. The van der Waals surface area contributed by atoms with Gasteiger partial charge in [0, 0.05) is 49.6 Å². The first-order valence-electron chi connectivity index (χ1n) is 9.27. The number of carbonyl (C=O) groups excluding carboxylic acids is 1. The molecule has 27 heavy (non-hydrogen) atoms. The summed E-state index contributed by atoms with van der Waals surface area (Å²) in [5.41, 5.74) is 3.04. The van der Waals surface area contributed by atoms with E-state index in [0.29, 0.717) is 5.02 Å². The van der Waals surface area contributed by atoms with Gasteiger partial charge in [-0.05, 0) is 55.9 Å². The number of piperazine rings is 1. The molecule has 1 aliphatic heterocycles. The van der Waals surface area contributed by atoms with Gasteiger partial charge in [0.2, 0.25) is 0 Å². The van der Waals surface area contributed by atoms with Crippen molar-refractivity contribution in [2.75, 3.05) is 50.5 Å². The summed E-state index contributed by atoms with van der Waals surface area (Å²) in [5.74, 6) is 0. The first-order valence-corrected chi connectivity index (χ1v) is 9.64. The smallest absolute Gasteiger partial charge is 0.322 e. The van der Waals surface area contributed by atoms with E-state index in [1.807, 2.05) is 43.3 Å². The summed E-state index contributed by atoms with van der Waals surface area (Å²) >= 11 is 5.94. The SMILES string of the molecule is CC(c1ccc(Cl)cc1)N(C)C(=O)Nc1ccc(N2CCN(C)CC2)cc1. The summed E-state index contributed by atoms with van der Waals surface area (Å²) in [5, 5.41) is 3.67. The molecule has 1 N–H and O–H groups in total. The fraction of sp³-hybridized carbons (Fsp3) is 0.381. The Balaban J connectivity index is 1.59. The van der Waals surface area contributed by atoms with Crippen molar-refractivity contribution >= 4 is 29.0 Å². The van der Waals surface area contributed by atoms with Gasteiger partial charge in [-0.1, -0.05) is 23.7 Å². The number of nitrogens with zero attached hydrogens (tertiary/aromatic N) is 3. The Morgan fingerprint density at radius 3 is 2.22 bits per heavy atom. The van der Waals surface area contributed by atoms with E-state index in [4.69, 9.17) is 11.6 Å². The summed E-state index contributed by atoms with van der Waals surface area (Å²) in [6.07, 6.45) is 0.